The second-order valence-electron chi connectivity index (χ2n) is 28.9. The number of hydrogen-bond donors (Lipinski definition) is 1. The maximum absolute atomic E-state index is 12.4. The molecule has 0 saturated carbocycles. The van der Waals surface area contributed by atoms with Gasteiger partial charge in [-0.1, -0.05) is 436 Å². The summed E-state index contributed by atoms with van der Waals surface area (Å²) in [6.45, 7) is 4.22. The highest BCUT2D eigenvalue weighted by Gasteiger charge is 2.16. The van der Waals surface area contributed by atoms with Crippen molar-refractivity contribution in [2.24, 2.45) is 0 Å². The van der Waals surface area contributed by atoms with Gasteiger partial charge in [-0.3, -0.25) is 9.59 Å². The minimum Gasteiger partial charge on any atom is -0.462 e. The molecule has 0 saturated heterocycles. The molecule has 0 aliphatic carbocycles. The van der Waals surface area contributed by atoms with Gasteiger partial charge in [0.1, 0.15) is 6.61 Å². The first-order valence-corrected chi connectivity index (χ1v) is 41.9. The molecule has 0 bridgehead atoms. The third kappa shape index (κ3) is 78.8. The third-order valence-electron chi connectivity index (χ3n) is 19.7. The van der Waals surface area contributed by atoms with Gasteiger partial charge in [0.15, 0.2) is 6.10 Å². The fraction of sp³-hybridized carbons (Fsp3) is 0.929. The Morgan fingerprint density at radius 1 is 0.244 bits per heavy atom. The van der Waals surface area contributed by atoms with Crippen molar-refractivity contribution >= 4 is 11.9 Å². The lowest BCUT2D eigenvalue weighted by Gasteiger charge is -2.15. The van der Waals surface area contributed by atoms with Crippen LogP contribution in [0.5, 0.6) is 0 Å². The molecule has 0 fully saturated rings. The molecular weight excluding hydrogens is 1100 g/mol. The smallest absolute Gasteiger partial charge is 0.306 e. The van der Waals surface area contributed by atoms with Gasteiger partial charge in [0.05, 0.1) is 6.61 Å². The first-order valence-electron chi connectivity index (χ1n) is 41.9. The molecule has 0 aliphatic heterocycles. The molecule has 1 N–H and O–H groups in total. The van der Waals surface area contributed by atoms with E-state index in [1.165, 1.54) is 430 Å². The predicted octanol–water partition coefficient (Wildman–Crippen LogP) is 29.5. The van der Waals surface area contributed by atoms with Gasteiger partial charge in [0.2, 0.25) is 0 Å². The molecule has 5 nitrogen and oxygen atoms in total. The van der Waals surface area contributed by atoms with Gasteiger partial charge >= 0.3 is 11.9 Å². The van der Waals surface area contributed by atoms with E-state index in [1.807, 2.05) is 0 Å². The Morgan fingerprint density at radius 2 is 0.411 bits per heavy atom. The highest BCUT2D eigenvalue weighted by atomic mass is 16.6. The highest BCUT2D eigenvalue weighted by molar-refractivity contribution is 5.70. The zero-order chi connectivity index (χ0) is 64.7. The molecule has 1 atom stereocenters. The first-order chi connectivity index (χ1) is 44.6. The van der Waals surface area contributed by atoms with E-state index in [2.05, 4.69) is 38.2 Å². The highest BCUT2D eigenvalue weighted by Crippen LogP contribution is 2.21. The van der Waals surface area contributed by atoms with E-state index in [4.69, 9.17) is 9.47 Å². The van der Waals surface area contributed by atoms with Crippen LogP contribution in [0.25, 0.3) is 0 Å². The van der Waals surface area contributed by atoms with Gasteiger partial charge in [0, 0.05) is 12.8 Å². The summed E-state index contributed by atoms with van der Waals surface area (Å²) in [5.74, 6) is -0.558. The van der Waals surface area contributed by atoms with E-state index in [-0.39, 0.29) is 25.2 Å². The van der Waals surface area contributed by atoms with Crippen molar-refractivity contribution in [3.8, 4) is 0 Å². The van der Waals surface area contributed by atoms with Crippen LogP contribution in [0.3, 0.4) is 0 Å². The molecule has 0 aromatic rings. The second-order valence-corrected chi connectivity index (χ2v) is 28.9. The van der Waals surface area contributed by atoms with Crippen molar-refractivity contribution < 1.29 is 24.2 Å². The van der Waals surface area contributed by atoms with Crippen LogP contribution < -0.4 is 0 Å². The van der Waals surface area contributed by atoms with E-state index >= 15 is 0 Å². The third-order valence-corrected chi connectivity index (χ3v) is 19.7. The van der Waals surface area contributed by atoms with Crippen LogP contribution in [0.4, 0.5) is 0 Å². The number of aliphatic hydroxyl groups excluding tert-OH is 1. The fourth-order valence-corrected chi connectivity index (χ4v) is 13.4. The topological polar surface area (TPSA) is 72.8 Å². The quantitative estimate of drug-likeness (QED) is 0.0373. The Kier molecular flexibility index (Phi) is 80.1. The lowest BCUT2D eigenvalue weighted by atomic mass is 10.0. The predicted molar refractivity (Wildman–Crippen MR) is 399 cm³/mol. The summed E-state index contributed by atoms with van der Waals surface area (Å²) in [5.41, 5.74) is 0. The van der Waals surface area contributed by atoms with E-state index in [1.54, 1.807) is 0 Å². The van der Waals surface area contributed by atoms with E-state index in [9.17, 15) is 14.7 Å². The van der Waals surface area contributed by atoms with Crippen molar-refractivity contribution in [3.05, 3.63) is 24.3 Å². The van der Waals surface area contributed by atoms with Crippen LogP contribution in [0.2, 0.25) is 0 Å². The monoisotopic (exact) mass is 1270 g/mol. The number of ether oxygens (including phenoxy) is 2. The van der Waals surface area contributed by atoms with Gasteiger partial charge < -0.3 is 14.6 Å². The van der Waals surface area contributed by atoms with Gasteiger partial charge in [-0.25, -0.2) is 0 Å². The average molecular weight is 1270 g/mol. The first kappa shape index (κ1) is 88.4. The Hall–Kier alpha value is -1.62. The van der Waals surface area contributed by atoms with Crippen LogP contribution in [0.1, 0.15) is 489 Å². The lowest BCUT2D eigenvalue weighted by Crippen LogP contribution is -2.28. The molecule has 534 valence electrons. The van der Waals surface area contributed by atoms with E-state index in [0.29, 0.717) is 12.8 Å². The Labute approximate surface area is 565 Å². The summed E-state index contributed by atoms with van der Waals surface area (Å²) in [7, 11) is 0. The van der Waals surface area contributed by atoms with Crippen molar-refractivity contribution in [2.45, 2.75) is 495 Å². The van der Waals surface area contributed by atoms with E-state index in [0.717, 1.165) is 32.1 Å². The molecule has 0 aliphatic rings. The number of allylic oxidation sites excluding steroid dienone is 4. The molecule has 0 aromatic carbocycles. The average Bonchev–Trinajstić information content (AvgIpc) is 3.59. The summed E-state index contributed by atoms with van der Waals surface area (Å²) in [5, 5.41) is 9.74. The normalized spacial score (nSPS) is 12.2. The SMILES string of the molecule is CCCCCCCCCC/C=C\CCCCCCCCCCCCCCCCCCCCCCCCCCCCCC(=O)OC(CO)COC(=O)CCCCCCCCCCCCCCCCCCCCCCCCCCC/C=C\CCCCCCCCCC. The zero-order valence-electron chi connectivity index (χ0n) is 61.7. The van der Waals surface area contributed by atoms with Gasteiger partial charge in [-0.2, -0.15) is 0 Å². The van der Waals surface area contributed by atoms with Crippen LogP contribution >= 0.6 is 0 Å². The standard InChI is InChI=1S/C85H164O5/c1-3-5-7-9-11-13-15-17-19-21-23-25-27-29-31-33-35-37-39-41-42-44-46-48-50-52-54-56-58-60-62-64-66-68-70-72-74-76-78-80-85(88)90-83(81-86)82-89-84(87)79-77-75-73-71-69-67-65-63-61-59-57-55-53-51-49-47-45-43-40-38-36-34-32-30-28-26-24-22-20-18-16-14-12-10-8-6-4-2/h21-24,83,86H,3-20,25-82H2,1-2H3/b23-21-,24-22-. The molecule has 0 radical (unpaired) electrons. The summed E-state index contributed by atoms with van der Waals surface area (Å²) in [6, 6.07) is 0. The number of hydrogen-bond acceptors (Lipinski definition) is 5. The van der Waals surface area contributed by atoms with E-state index < -0.39 is 6.10 Å². The van der Waals surface area contributed by atoms with Gasteiger partial charge in [-0.05, 0) is 64.2 Å². The molecule has 0 aromatic heterocycles. The van der Waals surface area contributed by atoms with Crippen molar-refractivity contribution in [1.29, 1.82) is 0 Å². The summed E-state index contributed by atoms with van der Waals surface area (Å²) >= 11 is 0. The number of carbonyl (C=O) groups is 2. The second kappa shape index (κ2) is 81.6. The Balaban J connectivity index is 3.34. The Morgan fingerprint density at radius 3 is 0.600 bits per heavy atom. The van der Waals surface area contributed by atoms with Crippen molar-refractivity contribution in [3.63, 3.8) is 0 Å². The van der Waals surface area contributed by atoms with Crippen molar-refractivity contribution in [1.82, 2.24) is 0 Å². The summed E-state index contributed by atoms with van der Waals surface area (Å²) in [4.78, 5) is 24.7. The minimum atomic E-state index is -0.769. The van der Waals surface area contributed by atoms with Crippen LogP contribution in [-0.2, 0) is 19.1 Å². The van der Waals surface area contributed by atoms with Crippen LogP contribution in [0.15, 0.2) is 24.3 Å². The molecule has 0 amide bonds. The number of rotatable bonds is 80. The molecule has 90 heavy (non-hydrogen) atoms. The summed E-state index contributed by atoms with van der Waals surface area (Å²) < 4.78 is 10.8. The zero-order valence-corrected chi connectivity index (χ0v) is 61.7. The number of aliphatic hydroxyl groups is 1. The van der Waals surface area contributed by atoms with Gasteiger partial charge in [0.25, 0.3) is 0 Å². The molecular formula is C85H164O5. The maximum Gasteiger partial charge on any atom is 0.306 e. The molecule has 0 spiro atoms. The molecule has 0 heterocycles. The summed E-state index contributed by atoms with van der Waals surface area (Å²) in [6.07, 6.45) is 109. The molecule has 5 heteroatoms. The fourth-order valence-electron chi connectivity index (χ4n) is 13.4. The van der Waals surface area contributed by atoms with Crippen LogP contribution in [0, 0.1) is 0 Å². The Bertz CT molecular complexity index is 1390. The van der Waals surface area contributed by atoms with Crippen LogP contribution in [-0.4, -0.2) is 36.4 Å². The van der Waals surface area contributed by atoms with Gasteiger partial charge in [-0.15, -0.1) is 0 Å². The lowest BCUT2D eigenvalue weighted by molar-refractivity contribution is -0.161. The number of esters is 2. The minimum absolute atomic E-state index is 0.0569. The molecule has 1 unspecified atom stereocenters. The maximum atomic E-state index is 12.4. The molecule has 0 rings (SSSR count). The van der Waals surface area contributed by atoms with Crippen molar-refractivity contribution in [2.75, 3.05) is 13.2 Å². The largest absolute Gasteiger partial charge is 0.462 e. The number of carbonyl (C=O) groups excluding carboxylic acids is 2. The number of unbranched alkanes of at least 4 members (excludes halogenated alkanes) is 68.